The second-order valence-electron chi connectivity index (χ2n) is 5.61. The quantitative estimate of drug-likeness (QED) is 0.811. The molecule has 0 saturated heterocycles. The summed E-state index contributed by atoms with van der Waals surface area (Å²) in [6.45, 7) is 0.502. The van der Waals surface area contributed by atoms with Crippen molar-refractivity contribution in [3.05, 3.63) is 29.8 Å². The molecule has 1 aliphatic carbocycles. The number of phenols is 1. The van der Waals surface area contributed by atoms with Crippen LogP contribution >= 0.6 is 0 Å². The normalized spacial score (nSPS) is 17.6. The van der Waals surface area contributed by atoms with Crippen molar-refractivity contribution < 1.29 is 14.6 Å². The average molecular weight is 277 g/mol. The van der Waals surface area contributed by atoms with Crippen molar-refractivity contribution in [2.24, 2.45) is 11.7 Å². The molecule has 0 amide bonds. The van der Waals surface area contributed by atoms with E-state index in [0.29, 0.717) is 18.9 Å². The van der Waals surface area contributed by atoms with E-state index >= 15 is 0 Å². The molecular weight excluding hydrogens is 254 g/mol. The summed E-state index contributed by atoms with van der Waals surface area (Å²) in [6.07, 6.45) is 6.51. The van der Waals surface area contributed by atoms with Crippen molar-refractivity contribution in [3.63, 3.8) is 0 Å². The van der Waals surface area contributed by atoms with Gasteiger partial charge in [0.1, 0.15) is 11.8 Å². The first-order valence-electron chi connectivity index (χ1n) is 7.35. The molecule has 0 aliphatic heterocycles. The van der Waals surface area contributed by atoms with Crippen LogP contribution in [0.2, 0.25) is 0 Å². The van der Waals surface area contributed by atoms with Crippen molar-refractivity contribution in [1.82, 2.24) is 0 Å². The summed E-state index contributed by atoms with van der Waals surface area (Å²) in [5, 5.41) is 9.21. The number of rotatable bonds is 5. The van der Waals surface area contributed by atoms with Crippen LogP contribution in [0.3, 0.4) is 0 Å². The fourth-order valence-electron chi connectivity index (χ4n) is 2.63. The second-order valence-corrected chi connectivity index (χ2v) is 5.61. The first kappa shape index (κ1) is 14.9. The Kier molecular flexibility index (Phi) is 5.41. The minimum atomic E-state index is -0.636. The maximum atomic E-state index is 11.9. The molecule has 1 atom stereocenters. The molecule has 1 aromatic carbocycles. The van der Waals surface area contributed by atoms with Gasteiger partial charge >= 0.3 is 5.97 Å². The first-order valence-corrected chi connectivity index (χ1v) is 7.35. The summed E-state index contributed by atoms with van der Waals surface area (Å²) in [4.78, 5) is 11.9. The third kappa shape index (κ3) is 4.53. The minimum absolute atomic E-state index is 0.210. The van der Waals surface area contributed by atoms with Gasteiger partial charge in [0.05, 0.1) is 6.61 Å². The van der Waals surface area contributed by atoms with Crippen molar-refractivity contribution in [2.45, 2.75) is 44.6 Å². The van der Waals surface area contributed by atoms with Gasteiger partial charge in [-0.3, -0.25) is 4.79 Å². The number of benzene rings is 1. The van der Waals surface area contributed by atoms with Gasteiger partial charge in [-0.15, -0.1) is 0 Å². The van der Waals surface area contributed by atoms with Crippen LogP contribution in [0.4, 0.5) is 0 Å². The number of hydrogen-bond acceptors (Lipinski definition) is 4. The minimum Gasteiger partial charge on any atom is -0.508 e. The lowest BCUT2D eigenvalue weighted by Crippen LogP contribution is -2.35. The number of esters is 1. The predicted molar refractivity (Wildman–Crippen MR) is 77.3 cm³/mol. The van der Waals surface area contributed by atoms with Crippen LogP contribution in [-0.4, -0.2) is 23.7 Å². The topological polar surface area (TPSA) is 72.5 Å². The number of phenolic OH excluding ortho intramolecular Hbond substituents is 1. The van der Waals surface area contributed by atoms with E-state index in [1.54, 1.807) is 24.3 Å². The van der Waals surface area contributed by atoms with E-state index in [4.69, 9.17) is 10.5 Å². The molecule has 1 unspecified atom stereocenters. The molecule has 1 aliphatic rings. The fraction of sp³-hybridized carbons (Fsp3) is 0.562. The Bertz CT molecular complexity index is 424. The van der Waals surface area contributed by atoms with Crippen LogP contribution in [0.1, 0.15) is 37.7 Å². The van der Waals surface area contributed by atoms with E-state index in [0.717, 1.165) is 18.4 Å². The molecule has 2 rings (SSSR count). The number of aromatic hydroxyl groups is 1. The molecule has 0 heterocycles. The van der Waals surface area contributed by atoms with Gasteiger partial charge in [0.2, 0.25) is 0 Å². The third-order valence-electron chi connectivity index (χ3n) is 3.88. The molecule has 0 spiro atoms. The van der Waals surface area contributed by atoms with Gasteiger partial charge in [-0.2, -0.15) is 0 Å². The molecular formula is C16H23NO3. The third-order valence-corrected chi connectivity index (χ3v) is 3.88. The molecule has 3 N–H and O–H groups in total. The zero-order valence-electron chi connectivity index (χ0n) is 11.8. The van der Waals surface area contributed by atoms with E-state index in [2.05, 4.69) is 0 Å². The Morgan fingerprint density at radius 1 is 1.25 bits per heavy atom. The lowest BCUT2D eigenvalue weighted by Gasteiger charge is -2.22. The highest BCUT2D eigenvalue weighted by atomic mass is 16.5. The van der Waals surface area contributed by atoms with Gasteiger partial charge in [-0.1, -0.05) is 31.4 Å². The number of ether oxygens (including phenoxy) is 1. The molecule has 20 heavy (non-hydrogen) atoms. The zero-order chi connectivity index (χ0) is 14.4. The fourth-order valence-corrected chi connectivity index (χ4v) is 2.63. The monoisotopic (exact) mass is 277 g/mol. The molecule has 1 saturated carbocycles. The van der Waals surface area contributed by atoms with Crippen LogP contribution in [0.25, 0.3) is 0 Å². The second kappa shape index (κ2) is 7.29. The van der Waals surface area contributed by atoms with Crippen LogP contribution in [-0.2, 0) is 16.0 Å². The van der Waals surface area contributed by atoms with Gasteiger partial charge in [0.25, 0.3) is 0 Å². The maximum Gasteiger partial charge on any atom is 0.323 e. The molecule has 1 aromatic rings. The Morgan fingerprint density at radius 2 is 1.90 bits per heavy atom. The highest BCUT2D eigenvalue weighted by molar-refractivity contribution is 5.75. The molecule has 110 valence electrons. The van der Waals surface area contributed by atoms with Crippen LogP contribution < -0.4 is 5.73 Å². The summed E-state index contributed by atoms with van der Waals surface area (Å²) in [6, 6.07) is 6.08. The summed E-state index contributed by atoms with van der Waals surface area (Å²) in [7, 11) is 0. The SMILES string of the molecule is NC(Cc1ccc(O)cc1)C(=O)OCC1CCCCC1. The molecule has 4 nitrogen and oxygen atoms in total. The number of nitrogens with two attached hydrogens (primary N) is 1. The number of carbonyl (C=O) groups excluding carboxylic acids is 1. The van der Waals surface area contributed by atoms with Crippen molar-refractivity contribution in [3.8, 4) is 5.75 Å². The predicted octanol–water partition coefficient (Wildman–Crippen LogP) is 2.39. The summed E-state index contributed by atoms with van der Waals surface area (Å²) < 4.78 is 5.33. The highest BCUT2D eigenvalue weighted by Crippen LogP contribution is 2.23. The van der Waals surface area contributed by atoms with Crippen LogP contribution in [0, 0.1) is 5.92 Å². The zero-order valence-corrected chi connectivity index (χ0v) is 11.8. The van der Waals surface area contributed by atoms with Gasteiger partial charge < -0.3 is 15.6 Å². The highest BCUT2D eigenvalue weighted by Gasteiger charge is 2.19. The first-order chi connectivity index (χ1) is 9.65. The van der Waals surface area contributed by atoms with E-state index in [-0.39, 0.29) is 11.7 Å². The van der Waals surface area contributed by atoms with Crippen LogP contribution in [0.15, 0.2) is 24.3 Å². The molecule has 0 aromatic heterocycles. The molecule has 0 bridgehead atoms. The Labute approximate surface area is 119 Å². The Morgan fingerprint density at radius 3 is 2.55 bits per heavy atom. The van der Waals surface area contributed by atoms with Gasteiger partial charge in [-0.05, 0) is 42.9 Å². The average Bonchev–Trinajstić information content (AvgIpc) is 2.48. The largest absolute Gasteiger partial charge is 0.508 e. The molecule has 4 heteroatoms. The van der Waals surface area contributed by atoms with Crippen molar-refractivity contribution in [1.29, 1.82) is 0 Å². The Balaban J connectivity index is 1.75. The van der Waals surface area contributed by atoms with Crippen molar-refractivity contribution >= 4 is 5.97 Å². The van der Waals surface area contributed by atoms with E-state index < -0.39 is 6.04 Å². The van der Waals surface area contributed by atoms with Gasteiger partial charge in [-0.25, -0.2) is 0 Å². The summed E-state index contributed by atoms with van der Waals surface area (Å²) in [5.41, 5.74) is 6.79. The smallest absolute Gasteiger partial charge is 0.323 e. The lowest BCUT2D eigenvalue weighted by atomic mass is 9.90. The van der Waals surface area contributed by atoms with Crippen molar-refractivity contribution in [2.75, 3.05) is 6.61 Å². The Hall–Kier alpha value is -1.55. The maximum absolute atomic E-state index is 11.9. The molecule has 1 fully saturated rings. The van der Waals surface area contributed by atoms with Gasteiger partial charge in [0.15, 0.2) is 0 Å². The van der Waals surface area contributed by atoms with E-state index in [1.807, 2.05) is 0 Å². The van der Waals surface area contributed by atoms with Crippen LogP contribution in [0.5, 0.6) is 5.75 Å². The standard InChI is InChI=1S/C16H23NO3/c17-15(10-12-6-8-14(18)9-7-12)16(19)20-11-13-4-2-1-3-5-13/h6-9,13,15,18H,1-5,10-11,17H2. The van der Waals surface area contributed by atoms with Gasteiger partial charge in [0, 0.05) is 0 Å². The lowest BCUT2D eigenvalue weighted by molar-refractivity contribution is -0.146. The number of hydrogen-bond donors (Lipinski definition) is 2. The van der Waals surface area contributed by atoms with E-state index in [1.165, 1.54) is 19.3 Å². The van der Waals surface area contributed by atoms with E-state index in [9.17, 15) is 9.90 Å². The summed E-state index contributed by atoms with van der Waals surface area (Å²) in [5.74, 6) is 0.388. The summed E-state index contributed by atoms with van der Waals surface area (Å²) >= 11 is 0. The molecule has 0 radical (unpaired) electrons. The number of carbonyl (C=O) groups is 1.